The maximum atomic E-state index is 5.20. The average molecular weight is 362 g/mol. The predicted octanol–water partition coefficient (Wildman–Crippen LogP) is 3.54. The van der Waals surface area contributed by atoms with E-state index in [9.17, 15) is 0 Å². The molecule has 0 aliphatic rings. The van der Waals surface area contributed by atoms with E-state index in [0.717, 1.165) is 47.7 Å². The number of nitrogens with one attached hydrogen (secondary N) is 2. The maximum Gasteiger partial charge on any atom is 0.191 e. The summed E-state index contributed by atoms with van der Waals surface area (Å²) in [5.74, 6) is 1.70. The quantitative estimate of drug-likeness (QED) is 0.499. The van der Waals surface area contributed by atoms with E-state index in [2.05, 4.69) is 58.9 Å². The number of hydrogen-bond donors (Lipinski definition) is 2. The number of aliphatic imine (C=N–C) groups is 1. The highest BCUT2D eigenvalue weighted by molar-refractivity contribution is 5.83. The summed E-state index contributed by atoms with van der Waals surface area (Å²) in [6, 6.07) is 18.4. The van der Waals surface area contributed by atoms with E-state index in [0.29, 0.717) is 6.54 Å². The molecular formula is C22H26N4O. The van der Waals surface area contributed by atoms with Gasteiger partial charge < -0.3 is 15.4 Å². The monoisotopic (exact) mass is 362 g/mol. The van der Waals surface area contributed by atoms with E-state index in [1.165, 1.54) is 5.56 Å². The summed E-state index contributed by atoms with van der Waals surface area (Å²) in [6.45, 7) is 4.29. The molecule has 1 heterocycles. The molecule has 0 fully saturated rings. The molecule has 0 unspecified atom stereocenters. The van der Waals surface area contributed by atoms with Crippen LogP contribution in [0.1, 0.15) is 18.1 Å². The number of aromatic nitrogens is 1. The lowest BCUT2D eigenvalue weighted by molar-refractivity contribution is 0.414. The van der Waals surface area contributed by atoms with Crippen LogP contribution >= 0.6 is 0 Å². The number of benzene rings is 2. The van der Waals surface area contributed by atoms with Gasteiger partial charge in [-0.2, -0.15) is 0 Å². The summed E-state index contributed by atoms with van der Waals surface area (Å²) in [5, 5.41) is 7.85. The van der Waals surface area contributed by atoms with Gasteiger partial charge >= 0.3 is 0 Å². The van der Waals surface area contributed by atoms with Crippen LogP contribution in [0.15, 0.2) is 65.8 Å². The third-order valence-corrected chi connectivity index (χ3v) is 4.33. The van der Waals surface area contributed by atoms with Crippen molar-refractivity contribution in [1.29, 1.82) is 0 Å². The van der Waals surface area contributed by atoms with Crippen LogP contribution in [0.25, 0.3) is 10.9 Å². The number of nitrogens with zero attached hydrogens (tertiary/aromatic N) is 2. The van der Waals surface area contributed by atoms with E-state index in [1.807, 2.05) is 24.4 Å². The van der Waals surface area contributed by atoms with Crippen molar-refractivity contribution < 1.29 is 4.74 Å². The van der Waals surface area contributed by atoms with Crippen molar-refractivity contribution in [3.05, 3.63) is 71.9 Å². The Morgan fingerprint density at radius 3 is 2.63 bits per heavy atom. The Labute approximate surface area is 160 Å². The van der Waals surface area contributed by atoms with Crippen molar-refractivity contribution in [3.63, 3.8) is 0 Å². The standard InChI is InChI=1S/C22H26N4O/c1-3-23-22(25-15-13-17-9-11-20(27-2)12-10-17)26-16-19-7-4-6-18-8-5-14-24-21(18)19/h4-12,14H,3,13,15-16H2,1-2H3,(H2,23,25,26). The molecule has 0 atom stereocenters. The number of rotatable bonds is 7. The average Bonchev–Trinajstić information content (AvgIpc) is 2.72. The minimum absolute atomic E-state index is 0.590. The van der Waals surface area contributed by atoms with Crippen LogP contribution in [0.4, 0.5) is 0 Å². The fraction of sp³-hybridized carbons (Fsp3) is 0.273. The van der Waals surface area contributed by atoms with Crippen molar-refractivity contribution in [2.24, 2.45) is 4.99 Å². The minimum atomic E-state index is 0.590. The second-order valence-electron chi connectivity index (χ2n) is 6.21. The second-order valence-corrected chi connectivity index (χ2v) is 6.21. The molecule has 0 bridgehead atoms. The molecule has 0 saturated carbocycles. The lowest BCUT2D eigenvalue weighted by Gasteiger charge is -2.12. The first-order valence-electron chi connectivity index (χ1n) is 9.28. The Kier molecular flexibility index (Phi) is 6.63. The van der Waals surface area contributed by atoms with Gasteiger partial charge in [-0.1, -0.05) is 36.4 Å². The molecule has 0 amide bonds. The van der Waals surface area contributed by atoms with Crippen LogP contribution in [0.2, 0.25) is 0 Å². The fourth-order valence-electron chi connectivity index (χ4n) is 2.92. The molecule has 2 N–H and O–H groups in total. The van der Waals surface area contributed by atoms with Crippen molar-refractivity contribution in [2.45, 2.75) is 19.9 Å². The number of methoxy groups -OCH3 is 1. The highest BCUT2D eigenvalue weighted by Gasteiger charge is 2.03. The Hall–Kier alpha value is -3.08. The van der Waals surface area contributed by atoms with Crippen LogP contribution in [-0.4, -0.2) is 31.1 Å². The van der Waals surface area contributed by atoms with Gasteiger partial charge in [0.25, 0.3) is 0 Å². The van der Waals surface area contributed by atoms with E-state index >= 15 is 0 Å². The first kappa shape index (κ1) is 18.7. The smallest absolute Gasteiger partial charge is 0.191 e. The number of fused-ring (bicyclic) bond motifs is 1. The Morgan fingerprint density at radius 1 is 1.04 bits per heavy atom. The zero-order chi connectivity index (χ0) is 18.9. The summed E-state index contributed by atoms with van der Waals surface area (Å²) in [6.07, 6.45) is 2.75. The summed E-state index contributed by atoms with van der Waals surface area (Å²) in [7, 11) is 1.68. The molecule has 0 aliphatic heterocycles. The normalized spacial score (nSPS) is 11.4. The van der Waals surface area contributed by atoms with E-state index in [-0.39, 0.29) is 0 Å². The molecule has 0 saturated heterocycles. The van der Waals surface area contributed by atoms with Gasteiger partial charge in [-0.25, -0.2) is 4.99 Å². The molecule has 5 heteroatoms. The van der Waals surface area contributed by atoms with Gasteiger partial charge in [0.2, 0.25) is 0 Å². The molecule has 0 aliphatic carbocycles. The summed E-state index contributed by atoms with van der Waals surface area (Å²) in [4.78, 5) is 9.23. The number of guanidine groups is 1. The SMILES string of the molecule is CCNC(=NCc1cccc2cccnc12)NCCc1ccc(OC)cc1. The highest BCUT2D eigenvalue weighted by atomic mass is 16.5. The predicted molar refractivity (Wildman–Crippen MR) is 111 cm³/mol. The van der Waals surface area contributed by atoms with Gasteiger partial charge in [0.1, 0.15) is 5.75 Å². The van der Waals surface area contributed by atoms with Crippen molar-refractivity contribution in [2.75, 3.05) is 20.2 Å². The molecule has 3 aromatic rings. The summed E-state index contributed by atoms with van der Waals surface area (Å²) in [5.41, 5.74) is 3.40. The maximum absolute atomic E-state index is 5.20. The third kappa shape index (κ3) is 5.20. The molecule has 140 valence electrons. The molecule has 2 aromatic carbocycles. The van der Waals surface area contributed by atoms with Crippen LogP contribution < -0.4 is 15.4 Å². The molecule has 27 heavy (non-hydrogen) atoms. The molecule has 1 aromatic heterocycles. The first-order chi connectivity index (χ1) is 13.3. The summed E-state index contributed by atoms with van der Waals surface area (Å²) < 4.78 is 5.20. The van der Waals surface area contributed by atoms with Crippen molar-refractivity contribution in [3.8, 4) is 5.75 Å². The van der Waals surface area contributed by atoms with Crippen LogP contribution in [0.3, 0.4) is 0 Å². The van der Waals surface area contributed by atoms with Crippen molar-refractivity contribution >= 4 is 16.9 Å². The molecule has 0 radical (unpaired) electrons. The van der Waals surface area contributed by atoms with Crippen LogP contribution in [0, 0.1) is 0 Å². The molecule has 3 rings (SSSR count). The number of hydrogen-bond acceptors (Lipinski definition) is 3. The number of pyridine rings is 1. The zero-order valence-corrected chi connectivity index (χ0v) is 15.9. The topological polar surface area (TPSA) is 58.5 Å². The van der Waals surface area contributed by atoms with Gasteiger partial charge in [0.15, 0.2) is 5.96 Å². The highest BCUT2D eigenvalue weighted by Crippen LogP contribution is 2.16. The molecule has 0 spiro atoms. The number of para-hydroxylation sites is 1. The van der Waals surface area contributed by atoms with Crippen LogP contribution in [0.5, 0.6) is 5.75 Å². The van der Waals surface area contributed by atoms with Crippen molar-refractivity contribution in [1.82, 2.24) is 15.6 Å². The lowest BCUT2D eigenvalue weighted by atomic mass is 10.1. The molecular weight excluding hydrogens is 336 g/mol. The van der Waals surface area contributed by atoms with Gasteiger partial charge in [0, 0.05) is 24.7 Å². The Bertz CT molecular complexity index is 885. The first-order valence-corrected chi connectivity index (χ1v) is 9.28. The van der Waals surface area contributed by atoms with E-state index in [1.54, 1.807) is 7.11 Å². The van der Waals surface area contributed by atoms with E-state index < -0.39 is 0 Å². The summed E-state index contributed by atoms with van der Waals surface area (Å²) >= 11 is 0. The lowest BCUT2D eigenvalue weighted by Crippen LogP contribution is -2.38. The van der Waals surface area contributed by atoms with Gasteiger partial charge in [-0.15, -0.1) is 0 Å². The largest absolute Gasteiger partial charge is 0.497 e. The Morgan fingerprint density at radius 2 is 1.85 bits per heavy atom. The molecule has 5 nitrogen and oxygen atoms in total. The van der Waals surface area contributed by atoms with E-state index in [4.69, 9.17) is 9.73 Å². The third-order valence-electron chi connectivity index (χ3n) is 4.33. The van der Waals surface area contributed by atoms with Gasteiger partial charge in [-0.05, 0) is 42.7 Å². The second kappa shape index (κ2) is 9.57. The Balaban J connectivity index is 1.62. The zero-order valence-electron chi connectivity index (χ0n) is 15.9. The minimum Gasteiger partial charge on any atom is -0.497 e. The number of ether oxygens (including phenoxy) is 1. The van der Waals surface area contributed by atoms with Gasteiger partial charge in [-0.3, -0.25) is 4.98 Å². The fourth-order valence-corrected chi connectivity index (χ4v) is 2.92. The van der Waals surface area contributed by atoms with Crippen LogP contribution in [-0.2, 0) is 13.0 Å². The van der Waals surface area contributed by atoms with Gasteiger partial charge in [0.05, 0.1) is 19.2 Å².